The highest BCUT2D eigenvalue weighted by Crippen LogP contribution is 2.35. The lowest BCUT2D eigenvalue weighted by Gasteiger charge is -2.28. The largest absolute Gasteiger partial charge is 0.504 e. The molecule has 38 heavy (non-hydrogen) atoms. The normalized spacial score (nSPS) is 15.9. The Morgan fingerprint density at radius 1 is 1.21 bits per heavy atom. The molecule has 0 saturated heterocycles. The van der Waals surface area contributed by atoms with E-state index in [9.17, 15) is 19.8 Å². The Balaban J connectivity index is 1.71. The Morgan fingerprint density at radius 3 is 2.66 bits per heavy atom. The van der Waals surface area contributed by atoms with E-state index in [2.05, 4.69) is 37.1 Å². The average molecular weight is 593 g/mol. The number of hydrogen-bond donors (Lipinski definition) is 5. The van der Waals surface area contributed by atoms with Gasteiger partial charge in [0.1, 0.15) is 6.61 Å². The van der Waals surface area contributed by atoms with E-state index >= 15 is 0 Å². The predicted molar refractivity (Wildman–Crippen MR) is 141 cm³/mol. The van der Waals surface area contributed by atoms with Gasteiger partial charge in [-0.2, -0.15) is 5.10 Å². The summed E-state index contributed by atoms with van der Waals surface area (Å²) in [5.74, 6) is 0.372. The number of nitrogens with one attached hydrogen (secondary N) is 3. The number of hydrazone groups is 1. The van der Waals surface area contributed by atoms with Crippen LogP contribution in [0.4, 0.5) is 4.79 Å². The quantitative estimate of drug-likeness (QED) is 0.114. The molecular formula is C25H29BrN4O8. The molecule has 1 heterocycles. The fourth-order valence-electron chi connectivity index (χ4n) is 3.64. The number of esters is 1. The Bertz CT molecular complexity index is 1250. The number of aliphatic hydroxyl groups is 1. The highest BCUT2D eigenvalue weighted by molar-refractivity contribution is 9.10. The van der Waals surface area contributed by atoms with E-state index in [4.69, 9.17) is 18.9 Å². The SMILES string of the molecule is CCOc1cc([C@@H]2NC(=O)NC(C)=C2C(=O)OC)ccc1OC[C@@H](O)N/N=C\c1cc(OC)c(O)cc1Br. The van der Waals surface area contributed by atoms with Gasteiger partial charge < -0.3 is 39.8 Å². The van der Waals surface area contributed by atoms with Gasteiger partial charge in [-0.05, 0) is 59.6 Å². The van der Waals surface area contributed by atoms with Crippen molar-refractivity contribution in [1.82, 2.24) is 16.1 Å². The topological polar surface area (TPSA) is 160 Å². The first-order valence-electron chi connectivity index (χ1n) is 11.5. The molecule has 0 spiro atoms. The van der Waals surface area contributed by atoms with Crippen LogP contribution in [0.3, 0.4) is 0 Å². The van der Waals surface area contributed by atoms with Crippen molar-refractivity contribution in [3.63, 3.8) is 0 Å². The molecule has 5 N–H and O–H groups in total. The van der Waals surface area contributed by atoms with Gasteiger partial charge in [0, 0.05) is 15.7 Å². The van der Waals surface area contributed by atoms with Crippen molar-refractivity contribution in [1.29, 1.82) is 0 Å². The van der Waals surface area contributed by atoms with Crippen LogP contribution >= 0.6 is 15.9 Å². The minimum atomic E-state index is -1.17. The molecule has 2 aromatic rings. The molecule has 1 aliphatic heterocycles. The summed E-state index contributed by atoms with van der Waals surface area (Å²) in [7, 11) is 2.70. The number of hydrogen-bond acceptors (Lipinski definition) is 10. The fourth-order valence-corrected chi connectivity index (χ4v) is 4.07. The van der Waals surface area contributed by atoms with Crippen LogP contribution < -0.4 is 30.3 Å². The van der Waals surface area contributed by atoms with Crippen molar-refractivity contribution in [3.8, 4) is 23.0 Å². The number of benzene rings is 2. The van der Waals surface area contributed by atoms with E-state index in [0.717, 1.165) is 0 Å². The number of aliphatic hydroxyl groups excluding tert-OH is 1. The summed E-state index contributed by atoms with van der Waals surface area (Å²) in [5, 5.41) is 29.4. The number of ether oxygens (including phenoxy) is 4. The number of aromatic hydroxyl groups is 1. The van der Waals surface area contributed by atoms with Gasteiger partial charge >= 0.3 is 12.0 Å². The van der Waals surface area contributed by atoms with Gasteiger partial charge in [-0.1, -0.05) is 6.07 Å². The number of amides is 2. The molecule has 0 saturated carbocycles. The predicted octanol–water partition coefficient (Wildman–Crippen LogP) is 2.68. The second-order valence-electron chi connectivity index (χ2n) is 7.96. The number of nitrogens with zero attached hydrogens (tertiary/aromatic N) is 1. The molecule has 0 unspecified atom stereocenters. The van der Waals surface area contributed by atoms with E-state index in [1.54, 1.807) is 38.1 Å². The number of phenols is 1. The first-order valence-corrected chi connectivity index (χ1v) is 12.3. The van der Waals surface area contributed by atoms with Crippen LogP contribution in [0.1, 0.15) is 31.0 Å². The minimum absolute atomic E-state index is 0.0238. The van der Waals surface area contributed by atoms with Crippen molar-refractivity contribution in [2.24, 2.45) is 5.10 Å². The van der Waals surface area contributed by atoms with E-state index in [-0.39, 0.29) is 23.7 Å². The minimum Gasteiger partial charge on any atom is -0.504 e. The molecule has 12 nitrogen and oxygen atoms in total. The maximum atomic E-state index is 12.4. The third kappa shape index (κ3) is 6.86. The zero-order valence-electron chi connectivity index (χ0n) is 21.2. The van der Waals surface area contributed by atoms with Gasteiger partial charge in [-0.15, -0.1) is 0 Å². The summed E-state index contributed by atoms with van der Waals surface area (Å²) in [4.78, 5) is 24.5. The second-order valence-corrected chi connectivity index (χ2v) is 8.81. The van der Waals surface area contributed by atoms with E-state index in [1.807, 2.05) is 0 Å². The van der Waals surface area contributed by atoms with Crippen molar-refractivity contribution in [2.75, 3.05) is 27.4 Å². The number of allylic oxidation sites excluding steroid dienone is 1. The second kappa shape index (κ2) is 13.0. The zero-order valence-corrected chi connectivity index (χ0v) is 22.8. The number of carbonyl (C=O) groups is 2. The lowest BCUT2D eigenvalue weighted by molar-refractivity contribution is -0.136. The maximum absolute atomic E-state index is 12.4. The molecule has 204 valence electrons. The third-order valence-electron chi connectivity index (χ3n) is 5.40. The van der Waals surface area contributed by atoms with Gasteiger partial charge in [-0.3, -0.25) is 5.43 Å². The third-order valence-corrected chi connectivity index (χ3v) is 6.08. The molecule has 3 rings (SSSR count). The molecule has 1 aliphatic rings. The molecule has 2 atom stereocenters. The van der Waals surface area contributed by atoms with Crippen molar-refractivity contribution in [2.45, 2.75) is 26.1 Å². The molecule has 0 aliphatic carbocycles. The Kier molecular flexibility index (Phi) is 9.79. The van der Waals surface area contributed by atoms with Crippen molar-refractivity contribution in [3.05, 3.63) is 57.2 Å². The fraction of sp³-hybridized carbons (Fsp3) is 0.320. The first kappa shape index (κ1) is 28.6. The standard InChI is InChI=1S/C25H29BrN4O8/c1-5-37-20-8-14(23-22(24(33)36-4)13(2)28-25(34)29-23)6-7-18(20)38-12-21(32)30-27-11-15-9-19(35-3)17(31)10-16(15)26/h6-11,21,23,30-32H,5,12H2,1-4H3,(H2,28,29,34)/b27-11-/t21-,23+/m1/s1. The summed E-state index contributed by atoms with van der Waals surface area (Å²) in [6.07, 6.45) is 0.274. The average Bonchev–Trinajstić information content (AvgIpc) is 2.88. The Hall–Kier alpha value is -3.97. The monoisotopic (exact) mass is 592 g/mol. The molecule has 2 aromatic carbocycles. The van der Waals surface area contributed by atoms with Crippen LogP contribution in [0.25, 0.3) is 0 Å². The zero-order chi connectivity index (χ0) is 27.8. The summed E-state index contributed by atoms with van der Waals surface area (Å²) >= 11 is 3.33. The number of methoxy groups -OCH3 is 2. The molecule has 0 fully saturated rings. The molecule has 0 bridgehead atoms. The van der Waals surface area contributed by atoms with Crippen LogP contribution in [-0.4, -0.2) is 62.1 Å². The summed E-state index contributed by atoms with van der Waals surface area (Å²) in [5.41, 5.74) is 4.38. The lowest BCUT2D eigenvalue weighted by Crippen LogP contribution is -2.45. The molecule has 2 amide bonds. The molecule has 0 aromatic heterocycles. The number of rotatable bonds is 11. The number of urea groups is 1. The van der Waals surface area contributed by atoms with Crippen LogP contribution in [-0.2, 0) is 9.53 Å². The van der Waals surface area contributed by atoms with E-state index in [1.165, 1.54) is 26.5 Å². The molecule has 13 heteroatoms. The lowest BCUT2D eigenvalue weighted by atomic mass is 9.95. The Labute approximate surface area is 227 Å². The molecule has 0 radical (unpaired) electrons. The number of phenolic OH excluding ortho intramolecular Hbond substituents is 1. The summed E-state index contributed by atoms with van der Waals surface area (Å²) in [6.45, 7) is 3.57. The van der Waals surface area contributed by atoms with Gasteiger partial charge in [0.2, 0.25) is 0 Å². The smallest absolute Gasteiger partial charge is 0.337 e. The highest BCUT2D eigenvalue weighted by atomic mass is 79.9. The van der Waals surface area contributed by atoms with Crippen molar-refractivity contribution < 1.29 is 38.7 Å². The van der Waals surface area contributed by atoms with Crippen LogP contribution in [0, 0.1) is 0 Å². The number of halogens is 1. The van der Waals surface area contributed by atoms with Crippen LogP contribution in [0.15, 0.2) is 51.2 Å². The van der Waals surface area contributed by atoms with Gasteiger partial charge in [0.05, 0.1) is 38.7 Å². The maximum Gasteiger partial charge on any atom is 0.337 e. The van der Waals surface area contributed by atoms with E-state index < -0.39 is 24.3 Å². The van der Waals surface area contributed by atoms with E-state index in [0.29, 0.717) is 39.4 Å². The molecular weight excluding hydrogens is 564 g/mol. The van der Waals surface area contributed by atoms with Gasteiger partial charge in [-0.25, -0.2) is 9.59 Å². The Morgan fingerprint density at radius 2 is 1.97 bits per heavy atom. The highest BCUT2D eigenvalue weighted by Gasteiger charge is 2.32. The van der Waals surface area contributed by atoms with Crippen LogP contribution in [0.5, 0.6) is 23.0 Å². The van der Waals surface area contributed by atoms with Gasteiger partial charge in [0.25, 0.3) is 0 Å². The summed E-state index contributed by atoms with van der Waals surface area (Å²) < 4.78 is 22.0. The van der Waals surface area contributed by atoms with Crippen LogP contribution in [0.2, 0.25) is 0 Å². The first-order chi connectivity index (χ1) is 18.2. The van der Waals surface area contributed by atoms with Gasteiger partial charge in [0.15, 0.2) is 29.2 Å². The summed E-state index contributed by atoms with van der Waals surface area (Å²) in [6, 6.07) is 6.79. The van der Waals surface area contributed by atoms with Crippen molar-refractivity contribution >= 4 is 34.1 Å². The number of carbonyl (C=O) groups excluding carboxylic acids is 2.